The molecule has 31 heavy (non-hydrogen) atoms. The van der Waals surface area contributed by atoms with Gasteiger partial charge in [-0.1, -0.05) is 42.5 Å². The number of nitrogens with one attached hydrogen (secondary N) is 1. The third-order valence-corrected chi connectivity index (χ3v) is 6.92. The molecule has 3 heterocycles. The predicted octanol–water partition coefficient (Wildman–Crippen LogP) is 5.86. The van der Waals surface area contributed by atoms with Gasteiger partial charge in [-0.25, -0.2) is 4.98 Å². The fourth-order valence-electron chi connectivity index (χ4n) is 4.14. The number of nitrogens with two attached hydrogens (primary N) is 1. The summed E-state index contributed by atoms with van der Waals surface area (Å²) in [5, 5.41) is 9.08. The Balaban J connectivity index is 1.47. The number of aromatic nitrogens is 3. The van der Waals surface area contributed by atoms with Crippen LogP contribution < -0.4 is 10.6 Å². The summed E-state index contributed by atoms with van der Waals surface area (Å²) < 4.78 is 2.49. The largest absolute Gasteiger partial charge is 0.397 e. The van der Waals surface area contributed by atoms with E-state index < -0.39 is 0 Å². The minimum absolute atomic E-state index is 0.700. The molecule has 5 aromatic rings. The summed E-state index contributed by atoms with van der Waals surface area (Å²) in [4.78, 5) is 6.89. The predicted molar refractivity (Wildman–Crippen MR) is 132 cm³/mol. The molecule has 6 heteroatoms. The van der Waals surface area contributed by atoms with E-state index in [1.54, 1.807) is 17.5 Å². The highest BCUT2D eigenvalue weighted by atomic mass is 32.1. The van der Waals surface area contributed by atoms with Crippen LogP contribution in [0.4, 0.5) is 11.5 Å². The molecule has 0 bridgehead atoms. The van der Waals surface area contributed by atoms with Gasteiger partial charge in [0.25, 0.3) is 0 Å². The lowest BCUT2D eigenvalue weighted by Crippen LogP contribution is -2.24. The first-order valence-electron chi connectivity index (χ1n) is 10.6. The Morgan fingerprint density at radius 1 is 1.03 bits per heavy atom. The highest BCUT2D eigenvalue weighted by Gasteiger charge is 2.15. The van der Waals surface area contributed by atoms with Crippen LogP contribution in [0.25, 0.3) is 31.6 Å². The molecular formula is C25H25N5S. The van der Waals surface area contributed by atoms with Gasteiger partial charge in [0.15, 0.2) is 0 Å². The van der Waals surface area contributed by atoms with E-state index >= 15 is 0 Å². The van der Waals surface area contributed by atoms with E-state index in [0.29, 0.717) is 5.69 Å². The van der Waals surface area contributed by atoms with Gasteiger partial charge < -0.3 is 10.6 Å². The molecule has 0 amide bonds. The third-order valence-electron chi connectivity index (χ3n) is 5.74. The lowest BCUT2D eigenvalue weighted by Gasteiger charge is -2.23. The van der Waals surface area contributed by atoms with Crippen LogP contribution >= 0.6 is 11.3 Å². The van der Waals surface area contributed by atoms with Crippen LogP contribution in [-0.4, -0.2) is 28.3 Å². The van der Waals surface area contributed by atoms with Gasteiger partial charge in [-0.2, -0.15) is 5.10 Å². The first-order chi connectivity index (χ1) is 15.2. The summed E-state index contributed by atoms with van der Waals surface area (Å²) >= 11 is 1.79. The van der Waals surface area contributed by atoms with Crippen LogP contribution in [0, 0.1) is 0 Å². The minimum Gasteiger partial charge on any atom is -0.397 e. The number of fused-ring (bicyclic) bond motifs is 3. The van der Waals surface area contributed by atoms with Crippen LogP contribution in [-0.2, 0) is 6.42 Å². The number of rotatable bonds is 6. The van der Waals surface area contributed by atoms with E-state index in [1.807, 2.05) is 6.07 Å². The molecule has 0 atom stereocenters. The van der Waals surface area contributed by atoms with E-state index in [9.17, 15) is 0 Å². The Morgan fingerprint density at radius 2 is 1.81 bits per heavy atom. The average Bonchev–Trinajstić information content (AvgIpc) is 3.36. The number of nitrogens with zero attached hydrogens (tertiary/aromatic N) is 3. The molecule has 0 saturated heterocycles. The van der Waals surface area contributed by atoms with Crippen LogP contribution in [0.5, 0.6) is 0 Å². The van der Waals surface area contributed by atoms with Crippen molar-refractivity contribution in [1.29, 1.82) is 0 Å². The van der Waals surface area contributed by atoms with Gasteiger partial charge in [0, 0.05) is 40.7 Å². The molecule has 0 aliphatic carbocycles. The fourth-order valence-corrected chi connectivity index (χ4v) is 5.31. The lowest BCUT2D eigenvalue weighted by molar-refractivity contribution is 0.836. The van der Waals surface area contributed by atoms with Gasteiger partial charge in [0.1, 0.15) is 11.5 Å². The molecular weight excluding hydrogens is 402 g/mol. The molecule has 5 nitrogen and oxygen atoms in total. The highest BCUT2D eigenvalue weighted by molar-refractivity contribution is 7.26. The van der Waals surface area contributed by atoms with Crippen molar-refractivity contribution in [3.8, 4) is 11.3 Å². The molecule has 3 N–H and O–H groups in total. The van der Waals surface area contributed by atoms with Crippen molar-refractivity contribution in [3.05, 3.63) is 71.9 Å². The number of hydrogen-bond acceptors (Lipinski definition) is 5. The molecule has 3 aromatic heterocycles. The summed E-state index contributed by atoms with van der Waals surface area (Å²) in [7, 11) is 0. The number of anilines is 2. The normalized spacial score (nSPS) is 11.4. The van der Waals surface area contributed by atoms with E-state index in [2.05, 4.69) is 82.5 Å². The molecule has 0 unspecified atom stereocenters. The molecule has 0 saturated carbocycles. The number of benzene rings is 2. The maximum absolute atomic E-state index is 6.05. The van der Waals surface area contributed by atoms with Gasteiger partial charge in [-0.05, 0) is 31.5 Å². The molecule has 0 aliphatic rings. The average molecular weight is 428 g/mol. The standard InChI is InChI=1S/C25H25N5S/c1-3-30(4-2)25-18(14-19(26)15-27-25)13-16-9-11-17(12-10-16)22-24-23(29-28-22)20-7-5-6-8-21(20)31-24/h5-12,14-15H,3-4,13,26H2,1-2H3,(H,28,29). The first kappa shape index (κ1) is 19.6. The summed E-state index contributed by atoms with van der Waals surface area (Å²) in [5.74, 6) is 1.02. The van der Waals surface area contributed by atoms with Gasteiger partial charge in [-0.3, -0.25) is 5.10 Å². The van der Waals surface area contributed by atoms with E-state index in [0.717, 1.165) is 47.7 Å². The zero-order valence-electron chi connectivity index (χ0n) is 17.7. The van der Waals surface area contributed by atoms with Gasteiger partial charge in [-0.15, -0.1) is 11.3 Å². The summed E-state index contributed by atoms with van der Waals surface area (Å²) in [6.45, 7) is 6.14. The van der Waals surface area contributed by atoms with Crippen molar-refractivity contribution in [2.45, 2.75) is 20.3 Å². The highest BCUT2D eigenvalue weighted by Crippen LogP contribution is 2.38. The van der Waals surface area contributed by atoms with Crippen LogP contribution in [0.1, 0.15) is 25.0 Å². The maximum Gasteiger partial charge on any atom is 0.132 e. The third kappa shape index (κ3) is 3.53. The number of pyridine rings is 1. The van der Waals surface area contributed by atoms with Crippen LogP contribution in [0.3, 0.4) is 0 Å². The second-order valence-electron chi connectivity index (χ2n) is 7.67. The van der Waals surface area contributed by atoms with Gasteiger partial charge in [0.2, 0.25) is 0 Å². The Labute approximate surface area is 185 Å². The Morgan fingerprint density at radius 3 is 2.58 bits per heavy atom. The van der Waals surface area contributed by atoms with Gasteiger partial charge >= 0.3 is 0 Å². The molecule has 156 valence electrons. The first-order valence-corrected chi connectivity index (χ1v) is 11.4. The Hall–Kier alpha value is -3.38. The second-order valence-corrected chi connectivity index (χ2v) is 8.72. The van der Waals surface area contributed by atoms with Crippen LogP contribution in [0.2, 0.25) is 0 Å². The van der Waals surface area contributed by atoms with Crippen molar-refractivity contribution in [1.82, 2.24) is 15.2 Å². The maximum atomic E-state index is 6.05. The second kappa shape index (κ2) is 8.04. The van der Waals surface area contributed by atoms with Crippen LogP contribution in [0.15, 0.2) is 60.8 Å². The number of hydrogen-bond donors (Lipinski definition) is 2. The molecule has 0 radical (unpaired) electrons. The SMILES string of the molecule is CCN(CC)c1ncc(N)cc1Cc1ccc(-c2n[nH]c3c2sc2ccccc23)cc1. The van der Waals surface area contributed by atoms with E-state index in [-0.39, 0.29) is 0 Å². The van der Waals surface area contributed by atoms with E-state index in [4.69, 9.17) is 5.73 Å². The number of nitrogen functional groups attached to an aromatic ring is 1. The quantitative estimate of drug-likeness (QED) is 0.356. The zero-order valence-corrected chi connectivity index (χ0v) is 18.5. The molecule has 0 aliphatic heterocycles. The van der Waals surface area contributed by atoms with Crippen molar-refractivity contribution >= 4 is 43.1 Å². The van der Waals surface area contributed by atoms with Crippen molar-refractivity contribution in [2.24, 2.45) is 0 Å². The Bertz CT molecular complexity index is 1350. The zero-order chi connectivity index (χ0) is 21.4. The monoisotopic (exact) mass is 427 g/mol. The summed E-state index contributed by atoms with van der Waals surface area (Å²) in [6.07, 6.45) is 2.54. The van der Waals surface area contributed by atoms with Crippen molar-refractivity contribution in [3.63, 3.8) is 0 Å². The van der Waals surface area contributed by atoms with Crippen molar-refractivity contribution in [2.75, 3.05) is 23.7 Å². The molecule has 0 spiro atoms. The number of H-pyrrole nitrogens is 1. The van der Waals surface area contributed by atoms with E-state index in [1.165, 1.54) is 20.3 Å². The molecule has 2 aromatic carbocycles. The fraction of sp³-hybridized carbons (Fsp3) is 0.200. The number of thiophene rings is 1. The topological polar surface area (TPSA) is 70.8 Å². The molecule has 5 rings (SSSR count). The molecule has 0 fully saturated rings. The lowest BCUT2D eigenvalue weighted by atomic mass is 10.0. The smallest absolute Gasteiger partial charge is 0.132 e. The minimum atomic E-state index is 0.700. The summed E-state index contributed by atoms with van der Waals surface area (Å²) in [6, 6.07) is 19.2. The Kier molecular flexibility index (Phi) is 5.08. The van der Waals surface area contributed by atoms with Crippen molar-refractivity contribution < 1.29 is 0 Å². The summed E-state index contributed by atoms with van der Waals surface area (Å²) in [5.41, 5.74) is 12.4. The van der Waals surface area contributed by atoms with Gasteiger partial charge in [0.05, 0.1) is 22.1 Å². The number of aromatic amines is 1.